The topological polar surface area (TPSA) is 29.1 Å². The molecule has 0 unspecified atom stereocenters. The molecule has 0 bridgehead atoms. The number of allylic oxidation sites excluding steroid dienone is 2. The Morgan fingerprint density at radius 2 is 2.00 bits per heavy atom. The Labute approximate surface area is 93.2 Å². The van der Waals surface area contributed by atoms with Crippen molar-refractivity contribution in [2.45, 2.75) is 25.7 Å². The molecule has 0 spiro atoms. The maximum absolute atomic E-state index is 13.8. The van der Waals surface area contributed by atoms with Gasteiger partial charge in [0.1, 0.15) is 5.82 Å². The molecule has 1 aromatic carbocycles. The maximum Gasteiger partial charge on any atom is 0.224 e. The molecule has 0 aromatic heterocycles. The van der Waals surface area contributed by atoms with Crippen LogP contribution >= 0.6 is 0 Å². The van der Waals surface area contributed by atoms with Gasteiger partial charge in [-0.15, -0.1) is 0 Å². The fourth-order valence-electron chi connectivity index (χ4n) is 2.56. The number of rotatable bonds is 0. The standard InChI is InChI=1S/C13H12FNO/c14-10-3-1-2-8-4-6-11-9(13(8)10)5-7-12(16)15-11/h1-3H,4-7H2,(H,15,16). The molecule has 1 heterocycles. The van der Waals surface area contributed by atoms with Gasteiger partial charge in [-0.2, -0.15) is 0 Å². The number of amides is 1. The van der Waals surface area contributed by atoms with Crippen LogP contribution in [0.4, 0.5) is 4.39 Å². The van der Waals surface area contributed by atoms with Gasteiger partial charge in [-0.3, -0.25) is 4.79 Å². The third-order valence-electron chi connectivity index (χ3n) is 3.30. The number of aryl methyl sites for hydroxylation is 1. The molecular formula is C13H12FNO. The molecule has 0 saturated carbocycles. The first-order chi connectivity index (χ1) is 7.75. The minimum Gasteiger partial charge on any atom is -0.329 e. The number of benzene rings is 1. The van der Waals surface area contributed by atoms with Gasteiger partial charge in [0.15, 0.2) is 0 Å². The summed E-state index contributed by atoms with van der Waals surface area (Å²) in [6.45, 7) is 0. The predicted molar refractivity (Wildman–Crippen MR) is 59.0 cm³/mol. The van der Waals surface area contributed by atoms with E-state index in [1.165, 1.54) is 6.07 Å². The lowest BCUT2D eigenvalue weighted by atomic mass is 9.84. The zero-order valence-electron chi connectivity index (χ0n) is 8.85. The van der Waals surface area contributed by atoms with Gasteiger partial charge in [-0.25, -0.2) is 4.39 Å². The number of fused-ring (bicyclic) bond motifs is 2. The zero-order valence-corrected chi connectivity index (χ0v) is 8.85. The first kappa shape index (κ1) is 9.58. The highest BCUT2D eigenvalue weighted by Crippen LogP contribution is 2.36. The normalized spacial score (nSPS) is 18.9. The lowest BCUT2D eigenvalue weighted by Gasteiger charge is -2.27. The summed E-state index contributed by atoms with van der Waals surface area (Å²) >= 11 is 0. The van der Waals surface area contributed by atoms with Crippen LogP contribution in [0, 0.1) is 5.82 Å². The first-order valence-corrected chi connectivity index (χ1v) is 5.55. The molecule has 1 aromatic rings. The summed E-state index contributed by atoms with van der Waals surface area (Å²) in [7, 11) is 0. The Kier molecular flexibility index (Phi) is 2.06. The summed E-state index contributed by atoms with van der Waals surface area (Å²) in [5, 5.41) is 2.86. The van der Waals surface area contributed by atoms with Crippen molar-refractivity contribution in [1.82, 2.24) is 5.32 Å². The number of carbonyl (C=O) groups is 1. The van der Waals surface area contributed by atoms with E-state index in [0.717, 1.165) is 35.2 Å². The third-order valence-corrected chi connectivity index (χ3v) is 3.30. The summed E-state index contributed by atoms with van der Waals surface area (Å²) in [6.07, 6.45) is 2.76. The monoisotopic (exact) mass is 217 g/mol. The highest BCUT2D eigenvalue weighted by Gasteiger charge is 2.26. The van der Waals surface area contributed by atoms with E-state index < -0.39 is 0 Å². The fourth-order valence-corrected chi connectivity index (χ4v) is 2.56. The van der Waals surface area contributed by atoms with Crippen molar-refractivity contribution in [2.24, 2.45) is 0 Å². The molecule has 3 rings (SSSR count). The van der Waals surface area contributed by atoms with Crippen molar-refractivity contribution < 1.29 is 9.18 Å². The fraction of sp³-hybridized carbons (Fsp3) is 0.308. The van der Waals surface area contributed by atoms with Crippen molar-refractivity contribution in [3.8, 4) is 0 Å². The van der Waals surface area contributed by atoms with Gasteiger partial charge in [-0.1, -0.05) is 12.1 Å². The molecule has 0 fully saturated rings. The molecule has 0 saturated heterocycles. The van der Waals surface area contributed by atoms with Crippen molar-refractivity contribution in [2.75, 3.05) is 0 Å². The van der Waals surface area contributed by atoms with Crippen molar-refractivity contribution in [3.05, 3.63) is 40.8 Å². The van der Waals surface area contributed by atoms with Crippen LogP contribution in [-0.4, -0.2) is 5.91 Å². The minimum absolute atomic E-state index is 0.0542. The molecule has 82 valence electrons. The van der Waals surface area contributed by atoms with E-state index in [2.05, 4.69) is 5.32 Å². The number of hydrogen-bond acceptors (Lipinski definition) is 1. The highest BCUT2D eigenvalue weighted by molar-refractivity contribution is 5.87. The van der Waals surface area contributed by atoms with Crippen LogP contribution in [0.5, 0.6) is 0 Å². The van der Waals surface area contributed by atoms with Crippen LogP contribution in [0.3, 0.4) is 0 Å². The molecule has 2 nitrogen and oxygen atoms in total. The smallest absolute Gasteiger partial charge is 0.224 e. The van der Waals surface area contributed by atoms with Crippen LogP contribution in [0.25, 0.3) is 5.57 Å². The summed E-state index contributed by atoms with van der Waals surface area (Å²) in [5.41, 5.74) is 3.71. The van der Waals surface area contributed by atoms with Gasteiger partial charge in [-0.05, 0) is 36.5 Å². The van der Waals surface area contributed by atoms with E-state index in [1.54, 1.807) is 6.07 Å². The molecule has 0 radical (unpaired) electrons. The predicted octanol–water partition coefficient (Wildman–Crippen LogP) is 2.39. The van der Waals surface area contributed by atoms with E-state index in [1.807, 2.05) is 6.07 Å². The molecule has 2 aliphatic rings. The molecule has 1 aliphatic carbocycles. The average Bonchev–Trinajstić information content (AvgIpc) is 2.29. The van der Waals surface area contributed by atoms with E-state index in [-0.39, 0.29) is 11.7 Å². The molecule has 1 amide bonds. The van der Waals surface area contributed by atoms with E-state index >= 15 is 0 Å². The summed E-state index contributed by atoms with van der Waals surface area (Å²) in [4.78, 5) is 11.3. The van der Waals surface area contributed by atoms with E-state index in [4.69, 9.17) is 0 Å². The molecule has 1 aliphatic heterocycles. The largest absolute Gasteiger partial charge is 0.329 e. The number of hydrogen-bond donors (Lipinski definition) is 1. The Balaban J connectivity index is 2.17. The maximum atomic E-state index is 13.8. The Morgan fingerprint density at radius 3 is 2.88 bits per heavy atom. The highest BCUT2D eigenvalue weighted by atomic mass is 19.1. The quantitative estimate of drug-likeness (QED) is 0.710. The third kappa shape index (κ3) is 1.35. The van der Waals surface area contributed by atoms with E-state index in [0.29, 0.717) is 12.8 Å². The van der Waals surface area contributed by atoms with E-state index in [9.17, 15) is 9.18 Å². The lowest BCUT2D eigenvalue weighted by molar-refractivity contribution is -0.120. The molecular weight excluding hydrogens is 205 g/mol. The second kappa shape index (κ2) is 3.44. The lowest BCUT2D eigenvalue weighted by Crippen LogP contribution is -2.30. The minimum atomic E-state index is -0.166. The Hall–Kier alpha value is -1.64. The number of nitrogens with one attached hydrogen (secondary N) is 1. The van der Waals surface area contributed by atoms with Crippen molar-refractivity contribution in [1.29, 1.82) is 0 Å². The van der Waals surface area contributed by atoms with Crippen LogP contribution < -0.4 is 5.32 Å². The summed E-state index contributed by atoms with van der Waals surface area (Å²) in [5.74, 6) is -0.112. The first-order valence-electron chi connectivity index (χ1n) is 5.55. The number of halogens is 1. The van der Waals surface area contributed by atoms with Gasteiger partial charge in [0.2, 0.25) is 5.91 Å². The second-order valence-corrected chi connectivity index (χ2v) is 4.28. The van der Waals surface area contributed by atoms with Crippen LogP contribution in [0.15, 0.2) is 23.9 Å². The number of carbonyl (C=O) groups excluding carboxylic acids is 1. The zero-order chi connectivity index (χ0) is 11.1. The van der Waals surface area contributed by atoms with Crippen LogP contribution in [0.1, 0.15) is 30.4 Å². The van der Waals surface area contributed by atoms with Crippen molar-refractivity contribution >= 4 is 11.5 Å². The second-order valence-electron chi connectivity index (χ2n) is 4.28. The summed E-state index contributed by atoms with van der Waals surface area (Å²) < 4.78 is 13.8. The van der Waals surface area contributed by atoms with Gasteiger partial charge in [0.05, 0.1) is 0 Å². The van der Waals surface area contributed by atoms with Gasteiger partial charge in [0, 0.05) is 17.7 Å². The van der Waals surface area contributed by atoms with Gasteiger partial charge < -0.3 is 5.32 Å². The molecule has 1 N–H and O–H groups in total. The Bertz CT molecular complexity index is 505. The molecule has 0 atom stereocenters. The van der Waals surface area contributed by atoms with Crippen LogP contribution in [-0.2, 0) is 11.2 Å². The average molecular weight is 217 g/mol. The summed E-state index contributed by atoms with van der Waals surface area (Å²) in [6, 6.07) is 5.21. The van der Waals surface area contributed by atoms with Gasteiger partial charge >= 0.3 is 0 Å². The van der Waals surface area contributed by atoms with Crippen molar-refractivity contribution in [3.63, 3.8) is 0 Å². The Morgan fingerprint density at radius 1 is 1.12 bits per heavy atom. The van der Waals surface area contributed by atoms with Crippen LogP contribution in [0.2, 0.25) is 0 Å². The molecule has 16 heavy (non-hydrogen) atoms. The van der Waals surface area contributed by atoms with Gasteiger partial charge in [0.25, 0.3) is 0 Å². The SMILES string of the molecule is O=C1CCC2=C(CCc3cccc(F)c32)N1. The molecule has 3 heteroatoms.